The van der Waals surface area contributed by atoms with Crippen LogP contribution >= 0.6 is 0 Å². The van der Waals surface area contributed by atoms with E-state index in [0.717, 1.165) is 0 Å². The van der Waals surface area contributed by atoms with Crippen LogP contribution in [0.25, 0.3) is 0 Å². The quantitative estimate of drug-likeness (QED) is 0.578. The molecule has 0 bridgehead atoms. The van der Waals surface area contributed by atoms with Gasteiger partial charge in [0.05, 0.1) is 0 Å². The van der Waals surface area contributed by atoms with E-state index in [-0.39, 0.29) is 11.9 Å². The summed E-state index contributed by atoms with van der Waals surface area (Å²) in [6.07, 6.45) is 7.51. The number of hydrogen-bond acceptors (Lipinski definition) is 2. The van der Waals surface area contributed by atoms with Crippen LogP contribution in [0.5, 0.6) is 0 Å². The molecule has 1 unspecified atom stereocenters. The lowest BCUT2D eigenvalue weighted by Crippen LogP contribution is -2.40. The van der Waals surface area contributed by atoms with E-state index in [1.807, 2.05) is 36.4 Å². The van der Waals surface area contributed by atoms with E-state index in [1.54, 1.807) is 7.05 Å². The average Bonchev–Trinajstić information content (AvgIpc) is 2.04. The Balaban J connectivity index is 2.65. The van der Waals surface area contributed by atoms with Crippen molar-refractivity contribution in [1.82, 2.24) is 10.2 Å². The van der Waals surface area contributed by atoms with E-state index in [0.29, 0.717) is 0 Å². The average molecular weight is 152 g/mol. The number of carbonyl (C=O) groups is 1. The molecule has 1 N–H and O–H groups in total. The van der Waals surface area contributed by atoms with Gasteiger partial charge in [-0.3, -0.25) is 4.79 Å². The van der Waals surface area contributed by atoms with E-state index in [1.165, 1.54) is 0 Å². The first-order valence-corrected chi connectivity index (χ1v) is 3.54. The third kappa shape index (κ3) is 1.61. The molecule has 0 saturated heterocycles. The fourth-order valence-corrected chi connectivity index (χ4v) is 1.00. The zero-order valence-electron chi connectivity index (χ0n) is 6.74. The van der Waals surface area contributed by atoms with Crippen molar-refractivity contribution in [2.45, 2.75) is 6.04 Å². The number of carbonyl (C=O) groups excluding carboxylic acids is 1. The largest absolute Gasteiger partial charge is 0.366 e. The van der Waals surface area contributed by atoms with Gasteiger partial charge >= 0.3 is 0 Å². The number of amides is 1. The summed E-state index contributed by atoms with van der Waals surface area (Å²) >= 11 is 0. The van der Waals surface area contributed by atoms with Crippen LogP contribution in [-0.4, -0.2) is 30.9 Å². The fourth-order valence-electron chi connectivity index (χ4n) is 1.00. The van der Waals surface area contributed by atoms with Crippen molar-refractivity contribution in [3.8, 4) is 0 Å². The predicted molar refractivity (Wildman–Crippen MR) is 43.9 cm³/mol. The lowest BCUT2D eigenvalue weighted by Gasteiger charge is -2.24. The van der Waals surface area contributed by atoms with E-state index >= 15 is 0 Å². The maximum Gasteiger partial charge on any atom is 0.246 e. The number of likely N-dealkylation sites (N-methyl/N-ethyl adjacent to an activating group) is 2. The Bertz CT molecular complexity index is 208. The second-order valence-electron chi connectivity index (χ2n) is 2.45. The summed E-state index contributed by atoms with van der Waals surface area (Å²) in [6.45, 7) is 0. The number of hydrogen-bond donors (Lipinski definition) is 1. The van der Waals surface area contributed by atoms with Crippen LogP contribution in [-0.2, 0) is 4.79 Å². The Morgan fingerprint density at radius 3 is 2.82 bits per heavy atom. The summed E-state index contributed by atoms with van der Waals surface area (Å²) in [4.78, 5) is 13.0. The highest BCUT2D eigenvalue weighted by Crippen LogP contribution is 2.04. The molecule has 1 atom stereocenters. The SMILES string of the molecule is CNC(=O)C1C=CC=CN1C. The molecule has 1 aliphatic heterocycles. The van der Waals surface area contributed by atoms with Crippen molar-refractivity contribution in [2.75, 3.05) is 14.1 Å². The minimum atomic E-state index is -0.148. The zero-order chi connectivity index (χ0) is 8.27. The highest BCUT2D eigenvalue weighted by Gasteiger charge is 2.17. The molecule has 60 valence electrons. The standard InChI is InChI=1S/C8H12N2O/c1-9-8(11)7-5-3-4-6-10(7)2/h3-7H,1-2H3,(H,9,11). The summed E-state index contributed by atoms with van der Waals surface area (Å²) in [7, 11) is 3.52. The minimum absolute atomic E-state index is 0.0214. The number of nitrogens with one attached hydrogen (secondary N) is 1. The maximum atomic E-state index is 11.1. The lowest BCUT2D eigenvalue weighted by atomic mass is 10.2. The van der Waals surface area contributed by atoms with Crippen molar-refractivity contribution in [3.05, 3.63) is 24.4 Å². The fraction of sp³-hybridized carbons (Fsp3) is 0.375. The molecule has 0 saturated carbocycles. The molecule has 3 nitrogen and oxygen atoms in total. The Labute approximate surface area is 66.4 Å². The molecule has 0 aromatic rings. The number of allylic oxidation sites excluding steroid dienone is 2. The smallest absolute Gasteiger partial charge is 0.246 e. The zero-order valence-corrected chi connectivity index (χ0v) is 6.74. The normalized spacial score (nSPS) is 22.0. The van der Waals surface area contributed by atoms with Crippen LogP contribution < -0.4 is 5.32 Å². The molecule has 0 aliphatic carbocycles. The van der Waals surface area contributed by atoms with Crippen molar-refractivity contribution >= 4 is 5.91 Å². The maximum absolute atomic E-state index is 11.1. The number of nitrogens with zero attached hydrogens (tertiary/aromatic N) is 1. The van der Waals surface area contributed by atoms with Crippen molar-refractivity contribution < 1.29 is 4.79 Å². The van der Waals surface area contributed by atoms with E-state index < -0.39 is 0 Å². The van der Waals surface area contributed by atoms with Crippen LogP contribution in [0.1, 0.15) is 0 Å². The molecule has 1 amide bonds. The first-order chi connectivity index (χ1) is 5.25. The Kier molecular flexibility index (Phi) is 2.31. The van der Waals surface area contributed by atoms with Crippen molar-refractivity contribution in [2.24, 2.45) is 0 Å². The van der Waals surface area contributed by atoms with Gasteiger partial charge in [0.15, 0.2) is 0 Å². The van der Waals surface area contributed by atoms with Gasteiger partial charge in [0, 0.05) is 14.1 Å². The van der Waals surface area contributed by atoms with Gasteiger partial charge in [-0.05, 0) is 12.3 Å². The Morgan fingerprint density at radius 2 is 2.27 bits per heavy atom. The second-order valence-corrected chi connectivity index (χ2v) is 2.45. The second kappa shape index (κ2) is 3.23. The molecular weight excluding hydrogens is 140 g/mol. The lowest BCUT2D eigenvalue weighted by molar-refractivity contribution is -0.123. The van der Waals surface area contributed by atoms with Crippen molar-refractivity contribution in [1.29, 1.82) is 0 Å². The number of rotatable bonds is 1. The van der Waals surface area contributed by atoms with Gasteiger partial charge in [-0.2, -0.15) is 0 Å². The van der Waals surface area contributed by atoms with Crippen LogP contribution in [0.4, 0.5) is 0 Å². The van der Waals surface area contributed by atoms with E-state index in [2.05, 4.69) is 5.32 Å². The van der Waals surface area contributed by atoms with Gasteiger partial charge in [-0.1, -0.05) is 12.2 Å². The molecule has 0 spiro atoms. The van der Waals surface area contributed by atoms with Crippen LogP contribution in [0.3, 0.4) is 0 Å². The molecular formula is C8H12N2O. The van der Waals surface area contributed by atoms with Gasteiger partial charge in [0.25, 0.3) is 0 Å². The van der Waals surface area contributed by atoms with Gasteiger partial charge < -0.3 is 10.2 Å². The monoisotopic (exact) mass is 152 g/mol. The summed E-state index contributed by atoms with van der Waals surface area (Å²) in [5.41, 5.74) is 0. The molecule has 3 heteroatoms. The van der Waals surface area contributed by atoms with E-state index in [9.17, 15) is 4.79 Å². The molecule has 0 aromatic heterocycles. The van der Waals surface area contributed by atoms with Gasteiger partial charge in [0.2, 0.25) is 5.91 Å². The topological polar surface area (TPSA) is 32.3 Å². The molecule has 0 radical (unpaired) electrons. The highest BCUT2D eigenvalue weighted by atomic mass is 16.2. The molecule has 0 aromatic carbocycles. The first-order valence-electron chi connectivity index (χ1n) is 3.54. The summed E-state index contributed by atoms with van der Waals surface area (Å²) < 4.78 is 0. The summed E-state index contributed by atoms with van der Waals surface area (Å²) in [6, 6.07) is -0.148. The van der Waals surface area contributed by atoms with Crippen LogP contribution in [0.15, 0.2) is 24.4 Å². The first kappa shape index (κ1) is 7.85. The molecule has 1 rings (SSSR count). The Hall–Kier alpha value is -1.25. The van der Waals surface area contributed by atoms with E-state index in [4.69, 9.17) is 0 Å². The molecule has 1 heterocycles. The summed E-state index contributed by atoms with van der Waals surface area (Å²) in [5, 5.41) is 2.60. The predicted octanol–water partition coefficient (Wildman–Crippen LogP) is 0.116. The molecule has 1 aliphatic rings. The third-order valence-electron chi connectivity index (χ3n) is 1.68. The molecule has 0 fully saturated rings. The van der Waals surface area contributed by atoms with Crippen molar-refractivity contribution in [3.63, 3.8) is 0 Å². The molecule has 11 heavy (non-hydrogen) atoms. The van der Waals surface area contributed by atoms with Crippen LogP contribution in [0, 0.1) is 0 Å². The Morgan fingerprint density at radius 1 is 1.55 bits per heavy atom. The highest BCUT2D eigenvalue weighted by molar-refractivity contribution is 5.83. The summed E-state index contributed by atoms with van der Waals surface area (Å²) in [5.74, 6) is 0.0214. The van der Waals surface area contributed by atoms with Gasteiger partial charge in [-0.25, -0.2) is 0 Å². The third-order valence-corrected chi connectivity index (χ3v) is 1.68. The van der Waals surface area contributed by atoms with Gasteiger partial charge in [0.1, 0.15) is 6.04 Å². The van der Waals surface area contributed by atoms with Crippen LogP contribution in [0.2, 0.25) is 0 Å². The van der Waals surface area contributed by atoms with Gasteiger partial charge in [-0.15, -0.1) is 0 Å². The minimum Gasteiger partial charge on any atom is -0.366 e.